The third-order valence-electron chi connectivity index (χ3n) is 1.79. The summed E-state index contributed by atoms with van der Waals surface area (Å²) in [5.74, 6) is 0. The lowest BCUT2D eigenvalue weighted by Crippen LogP contribution is -2.39. The topological polar surface area (TPSA) is 26.0 Å². The molecule has 1 rings (SSSR count). The van der Waals surface area contributed by atoms with E-state index in [9.17, 15) is 13.2 Å². The number of rotatable bonds is 2. The molecule has 0 aliphatic heterocycles. The number of hydrogen-bond acceptors (Lipinski definition) is 1. The Labute approximate surface area is 88.2 Å². The number of benzene rings is 1. The number of halogens is 4. The lowest BCUT2D eigenvalue weighted by Gasteiger charge is -2.15. The summed E-state index contributed by atoms with van der Waals surface area (Å²) in [7, 11) is 0. The van der Waals surface area contributed by atoms with Gasteiger partial charge in [-0.05, 0) is 24.1 Å². The number of nitrogens with two attached hydrogens (primary N) is 1. The van der Waals surface area contributed by atoms with Crippen LogP contribution in [0.4, 0.5) is 13.2 Å². The van der Waals surface area contributed by atoms with Crippen molar-refractivity contribution in [3.8, 4) is 0 Å². The van der Waals surface area contributed by atoms with Gasteiger partial charge in [0.15, 0.2) is 0 Å². The fraction of sp³-hybridized carbons (Fsp3) is 0.333. The maximum absolute atomic E-state index is 12.1. The molecule has 1 aromatic rings. The van der Waals surface area contributed by atoms with Gasteiger partial charge in [0.05, 0.1) is 0 Å². The van der Waals surface area contributed by atoms with E-state index in [2.05, 4.69) is 15.9 Å². The van der Waals surface area contributed by atoms with Gasteiger partial charge < -0.3 is 5.73 Å². The Morgan fingerprint density at radius 2 is 1.71 bits per heavy atom. The standard InChI is InChI=1S/C9H9BrF3N/c10-7-3-1-6(2-4-7)5-8(14)9(11,12)13/h1-4,8H,5,14H2/t8-/m1/s1. The molecule has 78 valence electrons. The summed E-state index contributed by atoms with van der Waals surface area (Å²) in [6.07, 6.45) is -4.51. The van der Waals surface area contributed by atoms with Gasteiger partial charge in [-0.3, -0.25) is 0 Å². The lowest BCUT2D eigenvalue weighted by atomic mass is 10.1. The molecule has 0 aromatic heterocycles. The average molecular weight is 268 g/mol. The Morgan fingerprint density at radius 1 is 1.21 bits per heavy atom. The van der Waals surface area contributed by atoms with Gasteiger partial charge in [0.2, 0.25) is 0 Å². The van der Waals surface area contributed by atoms with E-state index in [0.717, 1.165) is 4.47 Å². The zero-order chi connectivity index (χ0) is 10.8. The Bertz CT molecular complexity index is 294. The first-order valence-corrected chi connectivity index (χ1v) is 4.75. The molecule has 0 aliphatic carbocycles. The SMILES string of the molecule is N[C@H](Cc1ccc(Br)cc1)C(F)(F)F. The molecular weight excluding hydrogens is 259 g/mol. The first-order valence-electron chi connectivity index (χ1n) is 3.96. The summed E-state index contributed by atoms with van der Waals surface area (Å²) >= 11 is 3.20. The van der Waals surface area contributed by atoms with Crippen molar-refractivity contribution in [2.45, 2.75) is 18.6 Å². The molecule has 0 heterocycles. The summed E-state index contributed by atoms with van der Waals surface area (Å²) in [6, 6.07) is 4.84. The third kappa shape index (κ3) is 3.31. The molecule has 0 bridgehead atoms. The van der Waals surface area contributed by atoms with Crippen LogP contribution in [0.3, 0.4) is 0 Å². The fourth-order valence-corrected chi connectivity index (χ4v) is 1.25. The highest BCUT2D eigenvalue weighted by Crippen LogP contribution is 2.22. The number of hydrogen-bond donors (Lipinski definition) is 1. The maximum Gasteiger partial charge on any atom is 0.403 e. The largest absolute Gasteiger partial charge is 0.403 e. The normalized spacial score (nSPS) is 14.1. The zero-order valence-electron chi connectivity index (χ0n) is 7.18. The molecule has 5 heteroatoms. The lowest BCUT2D eigenvalue weighted by molar-refractivity contribution is -0.147. The minimum atomic E-state index is -4.33. The van der Waals surface area contributed by atoms with Gasteiger partial charge >= 0.3 is 6.18 Å². The van der Waals surface area contributed by atoms with Gasteiger partial charge in [-0.15, -0.1) is 0 Å². The van der Waals surface area contributed by atoms with Crippen molar-refractivity contribution < 1.29 is 13.2 Å². The second-order valence-corrected chi connectivity index (χ2v) is 3.89. The van der Waals surface area contributed by atoms with Crippen molar-refractivity contribution in [2.75, 3.05) is 0 Å². The molecular formula is C9H9BrF3N. The second kappa shape index (κ2) is 4.31. The zero-order valence-corrected chi connectivity index (χ0v) is 8.77. The first-order chi connectivity index (χ1) is 6.39. The second-order valence-electron chi connectivity index (χ2n) is 2.98. The van der Waals surface area contributed by atoms with Gasteiger partial charge in [0.1, 0.15) is 6.04 Å². The molecule has 0 spiro atoms. The van der Waals surface area contributed by atoms with Crippen LogP contribution in [0.5, 0.6) is 0 Å². The van der Waals surface area contributed by atoms with E-state index < -0.39 is 12.2 Å². The molecule has 1 aromatic carbocycles. The van der Waals surface area contributed by atoms with Gasteiger partial charge in [-0.25, -0.2) is 0 Å². The minimum absolute atomic E-state index is 0.184. The van der Waals surface area contributed by atoms with Crippen LogP contribution in [0.2, 0.25) is 0 Å². The molecule has 0 aliphatic rings. The van der Waals surface area contributed by atoms with Crippen LogP contribution >= 0.6 is 15.9 Å². The van der Waals surface area contributed by atoms with Crippen LogP contribution < -0.4 is 5.73 Å². The van der Waals surface area contributed by atoms with Crippen LogP contribution in [0.15, 0.2) is 28.7 Å². The minimum Gasteiger partial charge on any atom is -0.320 e. The van der Waals surface area contributed by atoms with Gasteiger partial charge in [0.25, 0.3) is 0 Å². The Morgan fingerprint density at radius 3 is 2.14 bits per heavy atom. The highest BCUT2D eigenvalue weighted by molar-refractivity contribution is 9.10. The highest BCUT2D eigenvalue weighted by atomic mass is 79.9. The molecule has 0 saturated carbocycles. The molecule has 2 N–H and O–H groups in total. The highest BCUT2D eigenvalue weighted by Gasteiger charge is 2.36. The van der Waals surface area contributed by atoms with Crippen molar-refractivity contribution in [3.05, 3.63) is 34.3 Å². The van der Waals surface area contributed by atoms with E-state index >= 15 is 0 Å². The van der Waals surface area contributed by atoms with Crippen LogP contribution in [-0.2, 0) is 6.42 Å². The predicted octanol–water partition coefficient (Wildman–Crippen LogP) is 2.88. The number of alkyl halides is 3. The van der Waals surface area contributed by atoms with E-state index in [4.69, 9.17) is 5.73 Å². The van der Waals surface area contributed by atoms with Crippen LogP contribution in [0.25, 0.3) is 0 Å². The third-order valence-corrected chi connectivity index (χ3v) is 2.32. The van der Waals surface area contributed by atoms with E-state index in [-0.39, 0.29) is 6.42 Å². The molecule has 0 saturated heterocycles. The predicted molar refractivity (Wildman–Crippen MR) is 51.9 cm³/mol. The molecule has 0 amide bonds. The van der Waals surface area contributed by atoms with Crippen molar-refractivity contribution in [3.63, 3.8) is 0 Å². The summed E-state index contributed by atoms with van der Waals surface area (Å²) in [6.45, 7) is 0. The summed E-state index contributed by atoms with van der Waals surface area (Å²) < 4.78 is 37.1. The summed E-state index contributed by atoms with van der Waals surface area (Å²) in [4.78, 5) is 0. The Kier molecular flexibility index (Phi) is 3.55. The van der Waals surface area contributed by atoms with Crippen molar-refractivity contribution in [1.29, 1.82) is 0 Å². The van der Waals surface area contributed by atoms with E-state index in [1.807, 2.05) is 0 Å². The quantitative estimate of drug-likeness (QED) is 0.876. The summed E-state index contributed by atoms with van der Waals surface area (Å²) in [5.41, 5.74) is 5.57. The van der Waals surface area contributed by atoms with Crippen LogP contribution in [0, 0.1) is 0 Å². The Hall–Kier alpha value is -0.550. The van der Waals surface area contributed by atoms with Gasteiger partial charge in [-0.2, -0.15) is 13.2 Å². The van der Waals surface area contributed by atoms with Crippen LogP contribution in [-0.4, -0.2) is 12.2 Å². The molecule has 0 fully saturated rings. The monoisotopic (exact) mass is 267 g/mol. The maximum atomic E-state index is 12.1. The van der Waals surface area contributed by atoms with Crippen molar-refractivity contribution >= 4 is 15.9 Å². The van der Waals surface area contributed by atoms with Gasteiger partial charge in [-0.1, -0.05) is 28.1 Å². The molecule has 1 nitrogen and oxygen atoms in total. The molecule has 14 heavy (non-hydrogen) atoms. The van der Waals surface area contributed by atoms with E-state index in [1.54, 1.807) is 24.3 Å². The fourth-order valence-electron chi connectivity index (χ4n) is 0.990. The summed E-state index contributed by atoms with van der Waals surface area (Å²) in [5, 5.41) is 0. The Balaban J connectivity index is 2.65. The smallest absolute Gasteiger partial charge is 0.320 e. The molecule has 1 atom stereocenters. The van der Waals surface area contributed by atoms with Gasteiger partial charge in [0, 0.05) is 4.47 Å². The van der Waals surface area contributed by atoms with E-state index in [1.165, 1.54) is 0 Å². The molecule has 0 unspecified atom stereocenters. The van der Waals surface area contributed by atoms with Crippen molar-refractivity contribution in [1.82, 2.24) is 0 Å². The van der Waals surface area contributed by atoms with Crippen molar-refractivity contribution in [2.24, 2.45) is 5.73 Å². The molecule has 0 radical (unpaired) electrons. The first kappa shape index (κ1) is 11.5. The van der Waals surface area contributed by atoms with Crippen LogP contribution in [0.1, 0.15) is 5.56 Å². The average Bonchev–Trinajstić information content (AvgIpc) is 2.07. The van der Waals surface area contributed by atoms with E-state index in [0.29, 0.717) is 5.56 Å².